The summed E-state index contributed by atoms with van der Waals surface area (Å²) < 4.78 is 2.10. The summed E-state index contributed by atoms with van der Waals surface area (Å²) in [5, 5.41) is 6.31. The van der Waals surface area contributed by atoms with E-state index in [9.17, 15) is 0 Å². The third-order valence-electron chi connectivity index (χ3n) is 6.95. The molecular formula is C32H37N3. The van der Waals surface area contributed by atoms with Crippen LogP contribution in [0.3, 0.4) is 0 Å². The van der Waals surface area contributed by atoms with E-state index in [1.807, 2.05) is 0 Å². The molecule has 0 saturated carbocycles. The van der Waals surface area contributed by atoms with Crippen molar-refractivity contribution < 1.29 is 0 Å². The van der Waals surface area contributed by atoms with Gasteiger partial charge in [-0.15, -0.1) is 0 Å². The summed E-state index contributed by atoms with van der Waals surface area (Å²) >= 11 is 0. The van der Waals surface area contributed by atoms with Gasteiger partial charge < -0.3 is 0 Å². The highest BCUT2D eigenvalue weighted by Gasteiger charge is 2.21. The summed E-state index contributed by atoms with van der Waals surface area (Å²) in [6, 6.07) is 17.9. The summed E-state index contributed by atoms with van der Waals surface area (Å²) in [5.41, 5.74) is 13.2. The van der Waals surface area contributed by atoms with Crippen LogP contribution in [0.2, 0.25) is 0 Å². The number of aromatic nitrogens is 3. The minimum atomic E-state index is 0.0944. The van der Waals surface area contributed by atoms with Gasteiger partial charge in [0, 0.05) is 10.9 Å². The molecular weight excluding hydrogens is 426 g/mol. The van der Waals surface area contributed by atoms with Gasteiger partial charge in [-0.1, -0.05) is 65.3 Å². The van der Waals surface area contributed by atoms with Crippen molar-refractivity contribution >= 4 is 27.5 Å². The highest BCUT2D eigenvalue weighted by atomic mass is 15.2. The Morgan fingerprint density at radius 3 is 2.09 bits per heavy atom. The lowest BCUT2D eigenvalue weighted by molar-refractivity contribution is 0.412. The molecule has 3 heterocycles. The molecule has 0 spiro atoms. The number of hydrogen-bond donors (Lipinski definition) is 0. The quantitative estimate of drug-likeness (QED) is 0.263. The Kier molecular flexibility index (Phi) is 5.32. The Bertz CT molecular complexity index is 1580. The van der Waals surface area contributed by atoms with Crippen LogP contribution in [0.25, 0.3) is 38.7 Å². The normalized spacial score (nSPS) is 12.8. The maximum absolute atomic E-state index is 5.20. The summed E-state index contributed by atoms with van der Waals surface area (Å²) in [5.74, 6) is 0. The number of aryl methyl sites for hydroxylation is 3. The first-order valence-electron chi connectivity index (χ1n) is 12.7. The number of nitrogens with zero attached hydrogens (tertiary/aromatic N) is 3. The fraction of sp³-hybridized carbons (Fsp3) is 0.375. The van der Waals surface area contributed by atoms with Gasteiger partial charge in [0.15, 0.2) is 0 Å². The summed E-state index contributed by atoms with van der Waals surface area (Å²) in [6.45, 7) is 20.3. The molecule has 3 nitrogen and oxygen atoms in total. The highest BCUT2D eigenvalue weighted by Crippen LogP contribution is 2.35. The van der Waals surface area contributed by atoms with E-state index < -0.39 is 0 Å². The predicted molar refractivity (Wildman–Crippen MR) is 150 cm³/mol. The second kappa shape index (κ2) is 7.91. The van der Waals surface area contributed by atoms with Crippen LogP contribution in [0.4, 0.5) is 0 Å². The van der Waals surface area contributed by atoms with Crippen molar-refractivity contribution in [2.75, 3.05) is 0 Å². The molecule has 3 heteroatoms. The molecule has 0 aliphatic rings. The maximum atomic E-state index is 5.20. The third kappa shape index (κ3) is 4.22. The van der Waals surface area contributed by atoms with Crippen molar-refractivity contribution in [3.05, 3.63) is 76.3 Å². The van der Waals surface area contributed by atoms with Crippen molar-refractivity contribution in [2.45, 2.75) is 74.1 Å². The second-order valence-corrected chi connectivity index (χ2v) is 12.5. The van der Waals surface area contributed by atoms with E-state index in [0.717, 1.165) is 34.2 Å². The molecule has 5 rings (SSSR count). The van der Waals surface area contributed by atoms with Gasteiger partial charge in [-0.05, 0) is 90.6 Å². The summed E-state index contributed by atoms with van der Waals surface area (Å²) in [4.78, 5) is 5.20. The second-order valence-electron chi connectivity index (χ2n) is 12.5. The van der Waals surface area contributed by atoms with Crippen LogP contribution in [0, 0.1) is 26.2 Å². The molecule has 180 valence electrons. The van der Waals surface area contributed by atoms with Crippen molar-refractivity contribution in [1.29, 1.82) is 0 Å². The van der Waals surface area contributed by atoms with Gasteiger partial charge in [-0.2, -0.15) is 5.10 Å². The van der Waals surface area contributed by atoms with Gasteiger partial charge in [0.05, 0.1) is 16.7 Å². The third-order valence-corrected chi connectivity index (χ3v) is 6.95. The molecule has 0 N–H and O–H groups in total. The van der Waals surface area contributed by atoms with Gasteiger partial charge in [0.1, 0.15) is 11.0 Å². The number of rotatable bonds is 2. The van der Waals surface area contributed by atoms with Crippen LogP contribution in [-0.2, 0) is 11.8 Å². The monoisotopic (exact) mass is 463 g/mol. The van der Waals surface area contributed by atoms with Crippen LogP contribution in [0.1, 0.15) is 69.4 Å². The Morgan fingerprint density at radius 2 is 1.46 bits per heavy atom. The Labute approximate surface area is 209 Å². The van der Waals surface area contributed by atoms with E-state index >= 15 is 0 Å². The first-order chi connectivity index (χ1) is 16.3. The average molecular weight is 464 g/mol. The average Bonchev–Trinajstić information content (AvgIpc) is 3.09. The molecule has 0 saturated heterocycles. The molecule has 0 unspecified atom stereocenters. The predicted octanol–water partition coefficient (Wildman–Crippen LogP) is 8.51. The van der Waals surface area contributed by atoms with Crippen LogP contribution in [-0.4, -0.2) is 14.6 Å². The zero-order chi connectivity index (χ0) is 25.3. The Balaban J connectivity index is 1.82. The van der Waals surface area contributed by atoms with Gasteiger partial charge in [-0.25, -0.2) is 9.50 Å². The number of fused-ring (bicyclic) bond motifs is 5. The molecule has 5 aromatic rings. The molecule has 0 aliphatic carbocycles. The minimum Gasteiger partial charge on any atom is -0.244 e. The van der Waals surface area contributed by atoms with Gasteiger partial charge in [0.25, 0.3) is 0 Å². The van der Waals surface area contributed by atoms with Crippen LogP contribution < -0.4 is 0 Å². The lowest BCUT2D eigenvalue weighted by atomic mass is 9.83. The molecule has 3 aromatic heterocycles. The topological polar surface area (TPSA) is 30.2 Å². The SMILES string of the molecule is Cc1cc(C)c(-c2ccc3nn4c5ccc(C(C)(C)C)cc5c(CC(C)(C)C)cc4c3n2)c(C)c1. The molecule has 0 fully saturated rings. The van der Waals surface area contributed by atoms with Crippen LogP contribution >= 0.6 is 0 Å². The van der Waals surface area contributed by atoms with Crippen molar-refractivity contribution in [1.82, 2.24) is 14.6 Å². The first kappa shape index (κ1) is 23.5. The first-order valence-corrected chi connectivity index (χ1v) is 12.7. The number of benzene rings is 2. The standard InChI is InChI=1S/C32H37N3/c1-19-14-20(2)29(21(3)15-19)25-11-12-26-30(33-25)28-16-22(18-31(4,5)6)24-17-23(32(7,8)9)10-13-27(24)35(28)34-26/h10-17H,18H2,1-9H3. The summed E-state index contributed by atoms with van der Waals surface area (Å²) in [7, 11) is 0. The van der Waals surface area contributed by atoms with E-state index in [0.29, 0.717) is 0 Å². The molecule has 0 amide bonds. The zero-order valence-electron chi connectivity index (χ0n) is 22.7. The van der Waals surface area contributed by atoms with E-state index in [-0.39, 0.29) is 10.8 Å². The molecule has 2 aromatic carbocycles. The molecule has 0 bridgehead atoms. The van der Waals surface area contributed by atoms with Gasteiger partial charge in [0.2, 0.25) is 0 Å². The molecule has 0 atom stereocenters. The van der Waals surface area contributed by atoms with Crippen molar-refractivity contribution in [3.8, 4) is 11.3 Å². The lowest BCUT2D eigenvalue weighted by Gasteiger charge is -2.23. The molecule has 35 heavy (non-hydrogen) atoms. The minimum absolute atomic E-state index is 0.0944. The number of pyridine rings is 2. The fourth-order valence-corrected chi connectivity index (χ4v) is 5.42. The largest absolute Gasteiger partial charge is 0.244 e. The smallest absolute Gasteiger partial charge is 0.117 e. The van der Waals surface area contributed by atoms with E-state index in [1.165, 1.54) is 38.8 Å². The lowest BCUT2D eigenvalue weighted by Crippen LogP contribution is -2.13. The maximum Gasteiger partial charge on any atom is 0.117 e. The molecule has 0 aliphatic heterocycles. The highest BCUT2D eigenvalue weighted by molar-refractivity contribution is 5.98. The van der Waals surface area contributed by atoms with Crippen LogP contribution in [0.15, 0.2) is 48.5 Å². The zero-order valence-corrected chi connectivity index (χ0v) is 22.7. The van der Waals surface area contributed by atoms with Gasteiger partial charge in [-0.3, -0.25) is 0 Å². The van der Waals surface area contributed by atoms with Crippen LogP contribution in [0.5, 0.6) is 0 Å². The van der Waals surface area contributed by atoms with E-state index in [2.05, 4.69) is 115 Å². The van der Waals surface area contributed by atoms with E-state index in [1.54, 1.807) is 0 Å². The van der Waals surface area contributed by atoms with Gasteiger partial charge >= 0.3 is 0 Å². The number of hydrogen-bond acceptors (Lipinski definition) is 2. The Morgan fingerprint density at radius 1 is 0.771 bits per heavy atom. The Hall–Kier alpha value is -3.20. The van der Waals surface area contributed by atoms with Crippen molar-refractivity contribution in [3.63, 3.8) is 0 Å². The van der Waals surface area contributed by atoms with E-state index in [4.69, 9.17) is 10.1 Å². The fourth-order valence-electron chi connectivity index (χ4n) is 5.42. The van der Waals surface area contributed by atoms with Crippen molar-refractivity contribution in [2.24, 2.45) is 5.41 Å². The summed E-state index contributed by atoms with van der Waals surface area (Å²) in [6.07, 6.45) is 0.996. The molecule has 0 radical (unpaired) electrons.